The molecule has 9 heteroatoms. The Hall–Kier alpha value is -3.10. The Kier molecular flexibility index (Phi) is 8.40. The zero-order valence-corrected chi connectivity index (χ0v) is 21.5. The smallest absolute Gasteiger partial charge is 0.345 e. The number of ketones is 1. The first-order valence-electron chi connectivity index (χ1n) is 11.2. The highest BCUT2D eigenvalue weighted by Gasteiger charge is 2.40. The standard InChI is InChI=1S/C26H30ClNO7/c1-14-8-7-9-18(24(14)27)26(31)35-25-22(15(2)29)20(32-5)12-21(33-6)23(25)17-10-11-28(4)19(17)13-34-16(3)30/h7-9,12,17,19H,10-11,13H2,1-6H3/t17-,19+/m1/s1. The molecule has 0 saturated carbocycles. The third-order valence-corrected chi connectivity index (χ3v) is 6.80. The van der Waals surface area contributed by atoms with Gasteiger partial charge in [0.05, 0.1) is 30.8 Å². The predicted molar refractivity (Wildman–Crippen MR) is 131 cm³/mol. The van der Waals surface area contributed by atoms with E-state index in [0.717, 1.165) is 5.56 Å². The van der Waals surface area contributed by atoms with Crippen LogP contribution in [0.25, 0.3) is 0 Å². The van der Waals surface area contributed by atoms with Crippen LogP contribution < -0.4 is 14.2 Å². The van der Waals surface area contributed by atoms with Gasteiger partial charge >= 0.3 is 11.9 Å². The van der Waals surface area contributed by atoms with E-state index in [4.69, 9.17) is 30.5 Å². The van der Waals surface area contributed by atoms with Gasteiger partial charge in [0.1, 0.15) is 23.7 Å². The Morgan fingerprint density at radius 2 is 1.80 bits per heavy atom. The SMILES string of the molecule is COc1cc(OC)c([C@@H]2CCN(C)[C@H]2COC(C)=O)c(OC(=O)c2cccc(C)c2Cl)c1C(C)=O. The Morgan fingerprint density at radius 1 is 1.11 bits per heavy atom. The van der Waals surface area contributed by atoms with Crippen molar-refractivity contribution in [3.63, 3.8) is 0 Å². The van der Waals surface area contributed by atoms with Gasteiger partial charge in [-0.1, -0.05) is 23.7 Å². The molecule has 0 bridgehead atoms. The van der Waals surface area contributed by atoms with Gasteiger partial charge in [0.25, 0.3) is 0 Å². The second kappa shape index (κ2) is 11.1. The molecule has 1 fully saturated rings. The van der Waals surface area contributed by atoms with Crippen molar-refractivity contribution in [1.82, 2.24) is 4.90 Å². The molecule has 2 aromatic carbocycles. The number of rotatable bonds is 8. The van der Waals surface area contributed by atoms with Crippen molar-refractivity contribution >= 4 is 29.3 Å². The van der Waals surface area contributed by atoms with E-state index in [1.54, 1.807) is 31.2 Å². The number of halogens is 1. The first-order valence-corrected chi connectivity index (χ1v) is 11.6. The number of ether oxygens (including phenoxy) is 4. The Labute approximate surface area is 210 Å². The first kappa shape index (κ1) is 26.5. The molecule has 1 aliphatic rings. The van der Waals surface area contributed by atoms with E-state index in [-0.39, 0.29) is 52.0 Å². The topological polar surface area (TPSA) is 91.4 Å². The maximum Gasteiger partial charge on any atom is 0.345 e. The number of esters is 2. The highest BCUT2D eigenvalue weighted by atomic mass is 35.5. The van der Waals surface area contributed by atoms with Crippen LogP contribution in [0, 0.1) is 6.92 Å². The van der Waals surface area contributed by atoms with Gasteiger partial charge in [0.2, 0.25) is 0 Å². The van der Waals surface area contributed by atoms with Crippen molar-refractivity contribution in [1.29, 1.82) is 0 Å². The minimum absolute atomic E-state index is 0.0596. The Morgan fingerprint density at radius 3 is 2.40 bits per heavy atom. The maximum atomic E-state index is 13.3. The second-order valence-electron chi connectivity index (χ2n) is 8.53. The fourth-order valence-electron chi connectivity index (χ4n) is 4.49. The van der Waals surface area contributed by atoms with Gasteiger partial charge in [0.15, 0.2) is 11.5 Å². The van der Waals surface area contributed by atoms with Crippen molar-refractivity contribution in [2.75, 3.05) is 34.4 Å². The molecule has 0 unspecified atom stereocenters. The Balaban J connectivity index is 2.21. The third kappa shape index (κ3) is 5.44. The lowest BCUT2D eigenvalue weighted by Gasteiger charge is -2.28. The number of Topliss-reactive ketones (excluding diaryl/α,β-unsaturated/α-hetero) is 1. The van der Waals surface area contributed by atoms with Crippen LogP contribution in [0.3, 0.4) is 0 Å². The number of nitrogens with zero attached hydrogens (tertiary/aromatic N) is 1. The molecular formula is C26H30ClNO7. The van der Waals surface area contributed by atoms with Gasteiger partial charge in [-0.25, -0.2) is 4.79 Å². The molecule has 0 amide bonds. The summed E-state index contributed by atoms with van der Waals surface area (Å²) in [6, 6.07) is 6.45. The summed E-state index contributed by atoms with van der Waals surface area (Å²) < 4.78 is 22.4. The van der Waals surface area contributed by atoms with E-state index in [1.807, 2.05) is 7.05 Å². The average Bonchev–Trinajstić information content (AvgIpc) is 3.17. The van der Waals surface area contributed by atoms with Crippen LogP contribution in [0.4, 0.5) is 0 Å². The van der Waals surface area contributed by atoms with Crippen LogP contribution >= 0.6 is 11.6 Å². The maximum absolute atomic E-state index is 13.3. The summed E-state index contributed by atoms with van der Waals surface area (Å²) >= 11 is 6.38. The van der Waals surface area contributed by atoms with Gasteiger partial charge in [-0.15, -0.1) is 0 Å². The lowest BCUT2D eigenvalue weighted by molar-refractivity contribution is -0.142. The third-order valence-electron chi connectivity index (χ3n) is 6.30. The number of carbonyl (C=O) groups excluding carboxylic acids is 3. The normalized spacial score (nSPS) is 17.7. The predicted octanol–water partition coefficient (Wildman–Crippen LogP) is 4.44. The minimum atomic E-state index is -0.708. The summed E-state index contributed by atoms with van der Waals surface area (Å²) in [5, 5.41) is 0.270. The number of hydrogen-bond acceptors (Lipinski definition) is 8. The highest BCUT2D eigenvalue weighted by molar-refractivity contribution is 6.34. The van der Waals surface area contributed by atoms with Crippen LogP contribution in [0.15, 0.2) is 24.3 Å². The summed E-state index contributed by atoms with van der Waals surface area (Å²) in [6.45, 7) is 5.36. The van der Waals surface area contributed by atoms with Crippen LogP contribution in [0.1, 0.15) is 58.0 Å². The summed E-state index contributed by atoms with van der Waals surface area (Å²) in [4.78, 5) is 39.7. The van der Waals surface area contributed by atoms with Gasteiger partial charge in [0, 0.05) is 24.5 Å². The van der Waals surface area contributed by atoms with E-state index >= 15 is 0 Å². The molecule has 0 aromatic heterocycles. The highest BCUT2D eigenvalue weighted by Crippen LogP contribution is 2.48. The van der Waals surface area contributed by atoms with E-state index in [1.165, 1.54) is 28.1 Å². The lowest BCUT2D eigenvalue weighted by atomic mass is 9.87. The molecule has 3 rings (SSSR count). The molecule has 35 heavy (non-hydrogen) atoms. The molecule has 0 spiro atoms. The van der Waals surface area contributed by atoms with E-state index in [0.29, 0.717) is 24.3 Å². The van der Waals surface area contributed by atoms with Gasteiger partial charge in [-0.2, -0.15) is 0 Å². The monoisotopic (exact) mass is 503 g/mol. The van der Waals surface area contributed by atoms with Gasteiger partial charge in [-0.3, -0.25) is 14.5 Å². The molecule has 0 N–H and O–H groups in total. The van der Waals surface area contributed by atoms with Crippen molar-refractivity contribution < 1.29 is 33.3 Å². The zero-order valence-electron chi connectivity index (χ0n) is 20.8. The number of carbonyl (C=O) groups is 3. The number of methoxy groups -OCH3 is 2. The summed E-state index contributed by atoms with van der Waals surface area (Å²) in [6.07, 6.45) is 0.665. The van der Waals surface area contributed by atoms with Crippen molar-refractivity contribution in [3.05, 3.63) is 51.5 Å². The molecular weight excluding hydrogens is 474 g/mol. The summed E-state index contributed by atoms with van der Waals surface area (Å²) in [5.74, 6) is -1.01. The molecule has 0 radical (unpaired) electrons. The molecule has 0 aliphatic carbocycles. The number of hydrogen-bond donors (Lipinski definition) is 0. The number of likely N-dealkylation sites (tertiary alicyclic amines) is 1. The molecule has 2 atom stereocenters. The minimum Gasteiger partial charge on any atom is -0.496 e. The summed E-state index contributed by atoms with van der Waals surface area (Å²) in [5.41, 5.74) is 1.56. The van der Waals surface area contributed by atoms with E-state index in [2.05, 4.69) is 4.90 Å². The van der Waals surface area contributed by atoms with Crippen LogP contribution in [-0.4, -0.2) is 63.1 Å². The fourth-order valence-corrected chi connectivity index (χ4v) is 4.69. The van der Waals surface area contributed by atoms with Gasteiger partial charge < -0.3 is 18.9 Å². The van der Waals surface area contributed by atoms with E-state index < -0.39 is 11.9 Å². The molecule has 1 heterocycles. The average molecular weight is 504 g/mol. The second-order valence-corrected chi connectivity index (χ2v) is 8.90. The number of likely N-dealkylation sites (N-methyl/N-ethyl adjacent to an activating group) is 1. The zero-order chi connectivity index (χ0) is 25.9. The molecule has 188 valence electrons. The van der Waals surface area contributed by atoms with Gasteiger partial charge in [-0.05, 0) is 45.5 Å². The number of benzene rings is 2. The largest absolute Gasteiger partial charge is 0.496 e. The summed E-state index contributed by atoms with van der Waals surface area (Å²) in [7, 11) is 4.85. The van der Waals surface area contributed by atoms with Crippen molar-refractivity contribution in [3.8, 4) is 17.2 Å². The molecule has 2 aromatic rings. The Bertz CT molecular complexity index is 1150. The number of aryl methyl sites for hydroxylation is 1. The van der Waals surface area contributed by atoms with Crippen LogP contribution in [0.2, 0.25) is 5.02 Å². The first-order chi connectivity index (χ1) is 16.6. The quantitative estimate of drug-likeness (QED) is 0.296. The van der Waals surface area contributed by atoms with E-state index in [9.17, 15) is 14.4 Å². The van der Waals surface area contributed by atoms with Crippen LogP contribution in [-0.2, 0) is 9.53 Å². The molecule has 8 nitrogen and oxygen atoms in total. The molecule has 1 saturated heterocycles. The van der Waals surface area contributed by atoms with Crippen molar-refractivity contribution in [2.24, 2.45) is 0 Å². The van der Waals surface area contributed by atoms with Crippen LogP contribution in [0.5, 0.6) is 17.2 Å². The van der Waals surface area contributed by atoms with Crippen molar-refractivity contribution in [2.45, 2.75) is 39.2 Å². The lowest BCUT2D eigenvalue weighted by Crippen LogP contribution is -2.34. The fraction of sp³-hybridized carbons (Fsp3) is 0.423. The molecule has 1 aliphatic heterocycles.